The number of halogens is 1. The first-order valence-corrected chi connectivity index (χ1v) is 9.16. The number of nitrogens with zero attached hydrogens (tertiary/aromatic N) is 2. The average Bonchev–Trinajstić information content (AvgIpc) is 2.56. The van der Waals surface area contributed by atoms with E-state index >= 15 is 0 Å². The van der Waals surface area contributed by atoms with Crippen LogP contribution < -0.4 is 17.0 Å². The van der Waals surface area contributed by atoms with Gasteiger partial charge in [-0.25, -0.2) is 4.79 Å². The van der Waals surface area contributed by atoms with Gasteiger partial charge in [0, 0.05) is 23.0 Å². The van der Waals surface area contributed by atoms with Gasteiger partial charge in [0.05, 0.1) is 5.75 Å². The standard InChI is InChI=1S/C16H18BrN3O3S/c1-3-8-20-14(18)13(15(22)19(2)16(20)23)11(21)9-24-12-7-5-4-6-10(12)17/h4-7H,3,8-9,18H2,1-2H3. The van der Waals surface area contributed by atoms with E-state index in [1.807, 2.05) is 31.2 Å². The first-order valence-electron chi connectivity index (χ1n) is 7.38. The lowest BCUT2D eigenvalue weighted by Gasteiger charge is -2.13. The number of benzene rings is 1. The Balaban J connectivity index is 2.37. The van der Waals surface area contributed by atoms with Gasteiger partial charge in [-0.05, 0) is 34.5 Å². The Morgan fingerprint density at radius 1 is 1.29 bits per heavy atom. The van der Waals surface area contributed by atoms with Crippen LogP contribution in [0.1, 0.15) is 23.7 Å². The van der Waals surface area contributed by atoms with Gasteiger partial charge < -0.3 is 5.73 Å². The third-order valence-electron chi connectivity index (χ3n) is 3.50. The molecule has 0 amide bonds. The number of carbonyl (C=O) groups is 1. The lowest BCUT2D eigenvalue weighted by atomic mass is 10.2. The second-order valence-electron chi connectivity index (χ2n) is 5.20. The van der Waals surface area contributed by atoms with Crippen molar-refractivity contribution in [2.24, 2.45) is 7.05 Å². The predicted octanol–water partition coefficient (Wildman–Crippen LogP) is 2.28. The summed E-state index contributed by atoms with van der Waals surface area (Å²) in [5.41, 5.74) is 4.67. The monoisotopic (exact) mass is 411 g/mol. The summed E-state index contributed by atoms with van der Waals surface area (Å²) >= 11 is 4.73. The molecule has 6 nitrogen and oxygen atoms in total. The number of ketones is 1. The van der Waals surface area contributed by atoms with Crippen molar-refractivity contribution < 1.29 is 4.79 Å². The number of hydrogen-bond donors (Lipinski definition) is 1. The number of aromatic nitrogens is 2. The molecule has 0 bridgehead atoms. The fraction of sp³-hybridized carbons (Fsp3) is 0.312. The van der Waals surface area contributed by atoms with Crippen molar-refractivity contribution >= 4 is 39.3 Å². The van der Waals surface area contributed by atoms with Crippen LogP contribution in [0, 0.1) is 0 Å². The molecule has 8 heteroatoms. The van der Waals surface area contributed by atoms with Crippen molar-refractivity contribution in [3.63, 3.8) is 0 Å². The van der Waals surface area contributed by atoms with Crippen LogP contribution in [0.2, 0.25) is 0 Å². The molecule has 0 fully saturated rings. The van der Waals surface area contributed by atoms with E-state index < -0.39 is 17.0 Å². The number of carbonyl (C=O) groups excluding carboxylic acids is 1. The van der Waals surface area contributed by atoms with Gasteiger partial charge in [-0.1, -0.05) is 19.1 Å². The molecule has 0 unspecified atom stereocenters. The molecule has 0 aliphatic heterocycles. The van der Waals surface area contributed by atoms with Crippen LogP contribution in [0.5, 0.6) is 0 Å². The maximum atomic E-state index is 12.5. The summed E-state index contributed by atoms with van der Waals surface area (Å²) in [6.07, 6.45) is 0.668. The largest absolute Gasteiger partial charge is 0.384 e. The van der Waals surface area contributed by atoms with E-state index in [2.05, 4.69) is 15.9 Å². The van der Waals surface area contributed by atoms with E-state index in [1.54, 1.807) is 0 Å². The topological polar surface area (TPSA) is 87.1 Å². The molecule has 0 saturated carbocycles. The van der Waals surface area contributed by atoms with Gasteiger partial charge in [-0.15, -0.1) is 11.8 Å². The van der Waals surface area contributed by atoms with Crippen LogP contribution in [0.25, 0.3) is 0 Å². The molecule has 0 saturated heterocycles. The Morgan fingerprint density at radius 2 is 1.96 bits per heavy atom. The number of rotatable bonds is 6. The lowest BCUT2D eigenvalue weighted by molar-refractivity contribution is 0.102. The maximum absolute atomic E-state index is 12.5. The summed E-state index contributed by atoms with van der Waals surface area (Å²) < 4.78 is 3.08. The van der Waals surface area contributed by atoms with Crippen LogP contribution in [-0.2, 0) is 13.6 Å². The van der Waals surface area contributed by atoms with Gasteiger partial charge in [-0.2, -0.15) is 0 Å². The zero-order chi connectivity index (χ0) is 17.9. The zero-order valence-electron chi connectivity index (χ0n) is 13.4. The highest BCUT2D eigenvalue weighted by Gasteiger charge is 2.21. The maximum Gasteiger partial charge on any atom is 0.332 e. The van der Waals surface area contributed by atoms with Crippen LogP contribution in [0.15, 0.2) is 43.2 Å². The van der Waals surface area contributed by atoms with Crippen molar-refractivity contribution in [1.82, 2.24) is 9.13 Å². The average molecular weight is 412 g/mol. The third kappa shape index (κ3) is 3.64. The van der Waals surface area contributed by atoms with Crippen LogP contribution in [0.3, 0.4) is 0 Å². The van der Waals surface area contributed by atoms with Gasteiger partial charge in [0.15, 0.2) is 5.78 Å². The molecule has 0 aliphatic rings. The zero-order valence-corrected chi connectivity index (χ0v) is 15.8. The Morgan fingerprint density at radius 3 is 2.58 bits per heavy atom. The number of nitrogen functional groups attached to an aromatic ring is 1. The van der Waals surface area contributed by atoms with Gasteiger partial charge >= 0.3 is 5.69 Å². The molecule has 2 aromatic rings. The van der Waals surface area contributed by atoms with Crippen molar-refractivity contribution in [3.05, 3.63) is 55.1 Å². The van der Waals surface area contributed by atoms with Gasteiger partial charge in [0.2, 0.25) is 0 Å². The summed E-state index contributed by atoms with van der Waals surface area (Å²) in [4.78, 5) is 37.9. The molecule has 2 N–H and O–H groups in total. The smallest absolute Gasteiger partial charge is 0.332 e. The number of hydrogen-bond acceptors (Lipinski definition) is 5. The number of nitrogens with two attached hydrogens (primary N) is 1. The van der Waals surface area contributed by atoms with Gasteiger partial charge in [0.1, 0.15) is 11.4 Å². The number of thioether (sulfide) groups is 1. The van der Waals surface area contributed by atoms with Crippen LogP contribution in [0.4, 0.5) is 5.82 Å². The molecule has 128 valence electrons. The normalized spacial score (nSPS) is 10.8. The SMILES string of the molecule is CCCn1c(N)c(C(=O)CSc2ccccc2Br)c(=O)n(C)c1=O. The molecule has 0 aliphatic carbocycles. The second-order valence-corrected chi connectivity index (χ2v) is 7.07. The first-order chi connectivity index (χ1) is 11.4. The van der Waals surface area contributed by atoms with E-state index in [0.29, 0.717) is 13.0 Å². The fourth-order valence-electron chi connectivity index (χ4n) is 2.26. The fourth-order valence-corrected chi connectivity index (χ4v) is 3.70. The van der Waals surface area contributed by atoms with E-state index in [1.165, 1.54) is 23.4 Å². The Hall–Kier alpha value is -1.80. The predicted molar refractivity (Wildman–Crippen MR) is 99.8 cm³/mol. The van der Waals surface area contributed by atoms with E-state index in [4.69, 9.17) is 5.73 Å². The first kappa shape index (κ1) is 18.5. The van der Waals surface area contributed by atoms with Gasteiger partial charge in [0.25, 0.3) is 5.56 Å². The van der Waals surface area contributed by atoms with Crippen LogP contribution in [-0.4, -0.2) is 20.7 Å². The summed E-state index contributed by atoms with van der Waals surface area (Å²) in [7, 11) is 1.36. The minimum atomic E-state index is -0.650. The molecule has 0 atom stereocenters. The highest BCUT2D eigenvalue weighted by Crippen LogP contribution is 2.27. The number of anilines is 1. The second kappa shape index (κ2) is 7.85. The molecular formula is C16H18BrN3O3S. The van der Waals surface area contributed by atoms with E-state index in [0.717, 1.165) is 13.9 Å². The molecule has 0 spiro atoms. The van der Waals surface area contributed by atoms with Crippen LogP contribution >= 0.6 is 27.7 Å². The molecule has 1 aromatic carbocycles. The Bertz CT molecular complexity index is 889. The van der Waals surface area contributed by atoms with Gasteiger partial charge in [-0.3, -0.25) is 18.7 Å². The molecule has 2 rings (SSSR count). The summed E-state index contributed by atoms with van der Waals surface area (Å²) in [6, 6.07) is 7.50. The van der Waals surface area contributed by atoms with Crippen molar-refractivity contribution in [2.75, 3.05) is 11.5 Å². The molecule has 1 heterocycles. The van der Waals surface area contributed by atoms with Crippen molar-refractivity contribution in [1.29, 1.82) is 0 Å². The molecule has 1 aromatic heterocycles. The summed E-state index contributed by atoms with van der Waals surface area (Å²) in [5, 5.41) is 0. The lowest BCUT2D eigenvalue weighted by Crippen LogP contribution is -2.42. The minimum Gasteiger partial charge on any atom is -0.384 e. The van der Waals surface area contributed by atoms with E-state index in [9.17, 15) is 14.4 Å². The van der Waals surface area contributed by atoms with Crippen molar-refractivity contribution in [2.45, 2.75) is 24.8 Å². The number of Topliss-reactive ketones (excluding diaryl/α,β-unsaturated/α-hetero) is 1. The summed E-state index contributed by atoms with van der Waals surface area (Å²) in [5.74, 6) is -0.381. The minimum absolute atomic E-state index is 0.0531. The van der Waals surface area contributed by atoms with E-state index in [-0.39, 0.29) is 17.1 Å². The molecule has 24 heavy (non-hydrogen) atoms. The highest BCUT2D eigenvalue weighted by molar-refractivity contribution is 9.10. The Labute approximate surface area is 151 Å². The summed E-state index contributed by atoms with van der Waals surface area (Å²) in [6.45, 7) is 2.25. The molecule has 0 radical (unpaired) electrons. The van der Waals surface area contributed by atoms with Crippen molar-refractivity contribution in [3.8, 4) is 0 Å². The molecular weight excluding hydrogens is 394 g/mol. The third-order valence-corrected chi connectivity index (χ3v) is 5.53. The Kier molecular flexibility index (Phi) is 6.06. The highest BCUT2D eigenvalue weighted by atomic mass is 79.9. The quantitative estimate of drug-likeness (QED) is 0.581.